The lowest BCUT2D eigenvalue weighted by Gasteiger charge is -2.31. The summed E-state index contributed by atoms with van der Waals surface area (Å²) in [6, 6.07) is 5.76. The van der Waals surface area contributed by atoms with E-state index in [0.717, 1.165) is 12.8 Å². The lowest BCUT2D eigenvalue weighted by atomic mass is 9.98. The number of hydrogen-bond donors (Lipinski definition) is 2. The number of hydrogen-bond acceptors (Lipinski definition) is 6. The van der Waals surface area contributed by atoms with Gasteiger partial charge in [-0.3, -0.25) is 14.5 Å². The van der Waals surface area contributed by atoms with Crippen molar-refractivity contribution in [1.82, 2.24) is 19.4 Å². The Hall–Kier alpha value is -2.50. The summed E-state index contributed by atoms with van der Waals surface area (Å²) < 4.78 is 27.1. The minimum Gasteiger partial charge on any atom is -0.326 e. The van der Waals surface area contributed by atoms with Crippen LogP contribution in [0.5, 0.6) is 0 Å². The number of carbonyl (C=O) groups excluding carboxylic acids is 3. The zero-order valence-electron chi connectivity index (χ0n) is 18.9. The summed E-state index contributed by atoms with van der Waals surface area (Å²) in [5, 5.41) is 5.58. The molecule has 2 heterocycles. The van der Waals surface area contributed by atoms with E-state index in [1.165, 1.54) is 21.3 Å². The van der Waals surface area contributed by atoms with Gasteiger partial charge in [0.25, 0.3) is 5.91 Å². The van der Waals surface area contributed by atoms with Crippen LogP contribution in [0.15, 0.2) is 29.2 Å². The van der Waals surface area contributed by atoms with Gasteiger partial charge in [0, 0.05) is 44.8 Å². The summed E-state index contributed by atoms with van der Waals surface area (Å²) in [6.45, 7) is 2.49. The largest absolute Gasteiger partial charge is 0.326 e. The van der Waals surface area contributed by atoms with Crippen LogP contribution < -0.4 is 10.6 Å². The standard InChI is InChI=1S/C22H31N5O5S/c1-25-13-15-26(16-14-25)33(31,32)18-8-6-17(7-9-18)23-19(28)5-4-12-27-20(29)22(24-21(27)30)10-2-3-11-22/h6-9H,2-5,10-16H2,1H3,(H,23,28)(H,24,30). The van der Waals surface area contributed by atoms with Gasteiger partial charge in [0.05, 0.1) is 4.90 Å². The Bertz CT molecular complexity index is 1010. The van der Waals surface area contributed by atoms with Crippen molar-refractivity contribution in [3.8, 4) is 0 Å². The highest BCUT2D eigenvalue weighted by Gasteiger charge is 2.52. The third-order valence-corrected chi connectivity index (χ3v) is 8.64. The first-order chi connectivity index (χ1) is 15.7. The fraction of sp³-hybridized carbons (Fsp3) is 0.591. The Balaban J connectivity index is 1.26. The van der Waals surface area contributed by atoms with E-state index in [9.17, 15) is 22.8 Å². The number of sulfonamides is 1. The van der Waals surface area contributed by atoms with Crippen molar-refractivity contribution in [2.24, 2.45) is 0 Å². The van der Waals surface area contributed by atoms with Crippen LogP contribution in [0.25, 0.3) is 0 Å². The van der Waals surface area contributed by atoms with E-state index in [0.29, 0.717) is 51.1 Å². The molecule has 10 nitrogen and oxygen atoms in total. The minimum absolute atomic E-state index is 0.144. The summed E-state index contributed by atoms with van der Waals surface area (Å²) in [6.07, 6.45) is 3.71. The average molecular weight is 478 g/mol. The van der Waals surface area contributed by atoms with Gasteiger partial charge in [0.15, 0.2) is 0 Å². The van der Waals surface area contributed by atoms with Crippen LogP contribution >= 0.6 is 0 Å². The Labute approximate surface area is 194 Å². The molecule has 2 saturated heterocycles. The van der Waals surface area contributed by atoms with Crippen molar-refractivity contribution < 1.29 is 22.8 Å². The molecule has 1 aromatic carbocycles. The van der Waals surface area contributed by atoms with E-state index in [4.69, 9.17) is 0 Å². The van der Waals surface area contributed by atoms with Crippen molar-refractivity contribution in [2.75, 3.05) is 45.1 Å². The fourth-order valence-electron chi connectivity index (χ4n) is 4.71. The summed E-state index contributed by atoms with van der Waals surface area (Å²) >= 11 is 0. The number of carbonyl (C=O) groups is 3. The normalized spacial score (nSPS) is 21.5. The first-order valence-electron chi connectivity index (χ1n) is 11.4. The second-order valence-electron chi connectivity index (χ2n) is 9.06. The lowest BCUT2D eigenvalue weighted by Crippen LogP contribution is -2.46. The van der Waals surface area contributed by atoms with Crippen LogP contribution in [-0.2, 0) is 19.6 Å². The molecule has 1 saturated carbocycles. The van der Waals surface area contributed by atoms with E-state index in [-0.39, 0.29) is 35.7 Å². The molecule has 0 atom stereocenters. The molecule has 1 spiro atoms. The van der Waals surface area contributed by atoms with Crippen LogP contribution in [0.2, 0.25) is 0 Å². The van der Waals surface area contributed by atoms with Crippen LogP contribution in [0, 0.1) is 0 Å². The highest BCUT2D eigenvalue weighted by atomic mass is 32.2. The Kier molecular flexibility index (Phi) is 6.73. The molecule has 11 heteroatoms. The van der Waals surface area contributed by atoms with Gasteiger partial charge in [-0.1, -0.05) is 12.8 Å². The van der Waals surface area contributed by atoms with E-state index < -0.39 is 15.6 Å². The number of imide groups is 1. The molecule has 0 radical (unpaired) electrons. The number of nitrogens with zero attached hydrogens (tertiary/aromatic N) is 3. The maximum atomic E-state index is 12.8. The molecule has 33 heavy (non-hydrogen) atoms. The molecule has 2 aliphatic heterocycles. The molecule has 0 unspecified atom stereocenters. The second kappa shape index (κ2) is 9.40. The van der Waals surface area contributed by atoms with Crippen molar-refractivity contribution in [3.63, 3.8) is 0 Å². The molecule has 0 aromatic heterocycles. The van der Waals surface area contributed by atoms with Gasteiger partial charge in [0.1, 0.15) is 5.54 Å². The summed E-state index contributed by atoms with van der Waals surface area (Å²) in [5.41, 5.74) is -0.233. The highest BCUT2D eigenvalue weighted by molar-refractivity contribution is 7.89. The van der Waals surface area contributed by atoms with Gasteiger partial charge in [-0.2, -0.15) is 4.31 Å². The Morgan fingerprint density at radius 3 is 2.33 bits per heavy atom. The number of amides is 4. The second-order valence-corrected chi connectivity index (χ2v) is 11.0. The highest BCUT2D eigenvalue weighted by Crippen LogP contribution is 2.35. The van der Waals surface area contributed by atoms with Crippen molar-refractivity contribution in [1.29, 1.82) is 0 Å². The lowest BCUT2D eigenvalue weighted by molar-refractivity contribution is -0.131. The molecule has 180 valence electrons. The Morgan fingerprint density at radius 2 is 1.70 bits per heavy atom. The number of anilines is 1. The fourth-order valence-corrected chi connectivity index (χ4v) is 6.13. The zero-order valence-corrected chi connectivity index (χ0v) is 19.7. The predicted molar refractivity (Wildman–Crippen MR) is 122 cm³/mol. The molecule has 0 bridgehead atoms. The maximum absolute atomic E-state index is 12.8. The number of urea groups is 1. The van der Waals surface area contributed by atoms with Crippen molar-refractivity contribution >= 4 is 33.6 Å². The minimum atomic E-state index is -3.56. The monoisotopic (exact) mass is 477 g/mol. The number of benzene rings is 1. The van der Waals surface area contributed by atoms with E-state index in [1.54, 1.807) is 12.1 Å². The molecular weight excluding hydrogens is 446 g/mol. The van der Waals surface area contributed by atoms with Crippen LogP contribution in [0.1, 0.15) is 38.5 Å². The predicted octanol–water partition coefficient (Wildman–Crippen LogP) is 1.21. The summed E-state index contributed by atoms with van der Waals surface area (Å²) in [7, 11) is -1.59. The number of nitrogens with one attached hydrogen (secondary N) is 2. The zero-order chi connectivity index (χ0) is 23.6. The molecule has 3 aliphatic rings. The van der Waals surface area contributed by atoms with Gasteiger partial charge in [-0.05, 0) is 50.6 Å². The van der Waals surface area contributed by atoms with E-state index in [2.05, 4.69) is 15.5 Å². The number of rotatable bonds is 7. The third kappa shape index (κ3) is 4.90. The smallest absolute Gasteiger partial charge is 0.325 e. The van der Waals surface area contributed by atoms with Gasteiger partial charge in [-0.25, -0.2) is 13.2 Å². The molecular formula is C22H31N5O5S. The topological polar surface area (TPSA) is 119 Å². The SMILES string of the molecule is CN1CCN(S(=O)(=O)c2ccc(NC(=O)CCCN3C(=O)NC4(CCCC4)C3=O)cc2)CC1. The first kappa shape index (κ1) is 23.7. The van der Waals surface area contributed by atoms with Gasteiger partial charge >= 0.3 is 6.03 Å². The average Bonchev–Trinajstić information content (AvgIpc) is 3.34. The Morgan fingerprint density at radius 1 is 1.06 bits per heavy atom. The molecule has 2 N–H and O–H groups in total. The number of likely N-dealkylation sites (N-methyl/N-ethyl adjacent to an activating group) is 1. The van der Waals surface area contributed by atoms with Crippen molar-refractivity contribution in [2.45, 2.75) is 49.0 Å². The summed E-state index contributed by atoms with van der Waals surface area (Å²) in [4.78, 5) is 40.6. The maximum Gasteiger partial charge on any atom is 0.325 e. The van der Waals surface area contributed by atoms with Gasteiger partial charge < -0.3 is 15.5 Å². The first-order valence-corrected chi connectivity index (χ1v) is 12.9. The molecule has 1 aliphatic carbocycles. The van der Waals surface area contributed by atoms with E-state index >= 15 is 0 Å². The molecule has 4 rings (SSSR count). The van der Waals surface area contributed by atoms with Crippen LogP contribution in [-0.4, -0.2) is 85.7 Å². The summed E-state index contributed by atoms with van der Waals surface area (Å²) in [5.74, 6) is -0.435. The van der Waals surface area contributed by atoms with Crippen molar-refractivity contribution in [3.05, 3.63) is 24.3 Å². The molecule has 4 amide bonds. The van der Waals surface area contributed by atoms with Crippen LogP contribution in [0.3, 0.4) is 0 Å². The quantitative estimate of drug-likeness (QED) is 0.570. The van der Waals surface area contributed by atoms with Crippen LogP contribution in [0.4, 0.5) is 10.5 Å². The molecule has 1 aromatic rings. The van der Waals surface area contributed by atoms with E-state index in [1.807, 2.05) is 7.05 Å². The number of piperazine rings is 1. The van der Waals surface area contributed by atoms with Gasteiger partial charge in [0.2, 0.25) is 15.9 Å². The van der Waals surface area contributed by atoms with Gasteiger partial charge in [-0.15, -0.1) is 0 Å². The third-order valence-electron chi connectivity index (χ3n) is 6.73. The molecule has 3 fully saturated rings.